The molecule has 1 aliphatic heterocycles. The van der Waals surface area contributed by atoms with E-state index in [9.17, 15) is 0 Å². The van der Waals surface area contributed by atoms with E-state index in [4.69, 9.17) is 9.47 Å². The molecule has 2 rings (SSSR count). The van der Waals surface area contributed by atoms with Gasteiger partial charge in [0.1, 0.15) is 0 Å². The van der Waals surface area contributed by atoms with Crippen LogP contribution < -0.4 is 14.8 Å². The van der Waals surface area contributed by atoms with Gasteiger partial charge < -0.3 is 14.8 Å². The third-order valence-electron chi connectivity index (χ3n) is 3.23. The number of benzene rings is 1. The van der Waals surface area contributed by atoms with E-state index in [0.717, 1.165) is 35.9 Å². The summed E-state index contributed by atoms with van der Waals surface area (Å²) in [5, 5.41) is 3.39. The van der Waals surface area contributed by atoms with E-state index in [2.05, 4.69) is 17.4 Å². The first kappa shape index (κ1) is 12.6. The summed E-state index contributed by atoms with van der Waals surface area (Å²) in [5.41, 5.74) is 1.26. The van der Waals surface area contributed by atoms with E-state index in [1.807, 2.05) is 6.26 Å². The van der Waals surface area contributed by atoms with E-state index >= 15 is 0 Å². The Morgan fingerprint density at radius 3 is 2.53 bits per heavy atom. The van der Waals surface area contributed by atoms with Crippen molar-refractivity contribution in [2.24, 2.45) is 0 Å². The average Bonchev–Trinajstić information content (AvgIpc) is 2.90. The number of rotatable bonds is 4. The van der Waals surface area contributed by atoms with Gasteiger partial charge in [-0.1, -0.05) is 6.07 Å². The first-order valence-electron chi connectivity index (χ1n) is 5.81. The van der Waals surface area contributed by atoms with Gasteiger partial charge in [-0.3, -0.25) is 0 Å². The van der Waals surface area contributed by atoms with Gasteiger partial charge in [-0.25, -0.2) is 0 Å². The van der Waals surface area contributed by atoms with Crippen molar-refractivity contribution < 1.29 is 9.47 Å². The Labute approximate surface area is 107 Å². The maximum absolute atomic E-state index is 5.56. The summed E-state index contributed by atoms with van der Waals surface area (Å²) in [7, 11) is 3.42. The number of hydrogen-bond acceptors (Lipinski definition) is 4. The van der Waals surface area contributed by atoms with Crippen molar-refractivity contribution in [2.75, 3.05) is 33.6 Å². The van der Waals surface area contributed by atoms with Crippen molar-refractivity contribution in [1.82, 2.24) is 5.32 Å². The standard InChI is InChI=1S/C13H19NO2S/c1-15-12-10(9-6-7-14-8-9)4-5-11(17-3)13(12)16-2/h4-5,9,14H,6-8H2,1-3H3. The highest BCUT2D eigenvalue weighted by molar-refractivity contribution is 7.98. The topological polar surface area (TPSA) is 30.5 Å². The van der Waals surface area contributed by atoms with Crippen LogP contribution in [-0.2, 0) is 0 Å². The third kappa shape index (κ3) is 2.38. The predicted octanol–water partition coefficient (Wildman–Crippen LogP) is 2.50. The second-order valence-electron chi connectivity index (χ2n) is 4.11. The highest BCUT2D eigenvalue weighted by atomic mass is 32.2. The van der Waals surface area contributed by atoms with Crippen molar-refractivity contribution in [2.45, 2.75) is 17.2 Å². The van der Waals surface area contributed by atoms with E-state index < -0.39 is 0 Å². The fourth-order valence-corrected chi connectivity index (χ4v) is 2.93. The van der Waals surface area contributed by atoms with Crippen LogP contribution >= 0.6 is 11.8 Å². The molecule has 1 unspecified atom stereocenters. The monoisotopic (exact) mass is 253 g/mol. The Morgan fingerprint density at radius 2 is 2.00 bits per heavy atom. The quantitative estimate of drug-likeness (QED) is 0.835. The number of ether oxygens (including phenoxy) is 2. The smallest absolute Gasteiger partial charge is 0.174 e. The molecule has 4 heteroatoms. The molecule has 0 amide bonds. The predicted molar refractivity (Wildman–Crippen MR) is 71.6 cm³/mol. The maximum Gasteiger partial charge on any atom is 0.174 e. The Hall–Kier alpha value is -0.870. The second kappa shape index (κ2) is 5.65. The number of methoxy groups -OCH3 is 2. The van der Waals surface area contributed by atoms with E-state index in [1.54, 1.807) is 26.0 Å². The Morgan fingerprint density at radius 1 is 1.24 bits per heavy atom. The van der Waals surface area contributed by atoms with E-state index in [0.29, 0.717) is 5.92 Å². The van der Waals surface area contributed by atoms with Gasteiger partial charge in [0, 0.05) is 18.0 Å². The van der Waals surface area contributed by atoms with Gasteiger partial charge in [0.25, 0.3) is 0 Å². The molecule has 0 aromatic heterocycles. The van der Waals surface area contributed by atoms with Crippen molar-refractivity contribution in [3.8, 4) is 11.5 Å². The highest BCUT2D eigenvalue weighted by Gasteiger charge is 2.23. The fraction of sp³-hybridized carbons (Fsp3) is 0.538. The van der Waals surface area contributed by atoms with Crippen LogP contribution in [-0.4, -0.2) is 33.6 Å². The number of hydrogen-bond donors (Lipinski definition) is 1. The summed E-state index contributed by atoms with van der Waals surface area (Å²) in [6.45, 7) is 2.11. The zero-order valence-electron chi connectivity index (χ0n) is 10.6. The molecule has 1 saturated heterocycles. The molecule has 1 heterocycles. The molecule has 0 radical (unpaired) electrons. The van der Waals surface area contributed by atoms with Gasteiger partial charge in [0.2, 0.25) is 0 Å². The lowest BCUT2D eigenvalue weighted by atomic mass is 9.97. The van der Waals surface area contributed by atoms with Gasteiger partial charge in [0.15, 0.2) is 11.5 Å². The fourth-order valence-electron chi connectivity index (χ4n) is 2.37. The highest BCUT2D eigenvalue weighted by Crippen LogP contribution is 2.43. The molecule has 94 valence electrons. The van der Waals surface area contributed by atoms with Crippen LogP contribution in [0, 0.1) is 0 Å². The molecule has 0 spiro atoms. The zero-order valence-corrected chi connectivity index (χ0v) is 11.4. The van der Waals surface area contributed by atoms with Crippen molar-refractivity contribution >= 4 is 11.8 Å². The minimum Gasteiger partial charge on any atom is -0.493 e. The minimum atomic E-state index is 0.537. The van der Waals surface area contributed by atoms with Crippen LogP contribution in [0.15, 0.2) is 17.0 Å². The molecule has 3 nitrogen and oxygen atoms in total. The number of thioether (sulfide) groups is 1. The van der Waals surface area contributed by atoms with Crippen LogP contribution in [0.3, 0.4) is 0 Å². The van der Waals surface area contributed by atoms with Gasteiger partial charge in [-0.15, -0.1) is 11.8 Å². The van der Waals surface area contributed by atoms with Gasteiger partial charge in [-0.2, -0.15) is 0 Å². The molecule has 1 atom stereocenters. The van der Waals surface area contributed by atoms with Crippen LogP contribution in [0.4, 0.5) is 0 Å². The van der Waals surface area contributed by atoms with Crippen molar-refractivity contribution in [1.29, 1.82) is 0 Å². The van der Waals surface area contributed by atoms with Crippen LogP contribution in [0.5, 0.6) is 11.5 Å². The molecular weight excluding hydrogens is 234 g/mol. The largest absolute Gasteiger partial charge is 0.493 e. The molecule has 0 saturated carbocycles. The average molecular weight is 253 g/mol. The minimum absolute atomic E-state index is 0.537. The lowest BCUT2D eigenvalue weighted by molar-refractivity contribution is 0.343. The third-order valence-corrected chi connectivity index (χ3v) is 4.00. The Balaban J connectivity index is 2.44. The summed E-state index contributed by atoms with van der Waals surface area (Å²) < 4.78 is 11.0. The summed E-state index contributed by atoms with van der Waals surface area (Å²) >= 11 is 1.68. The maximum atomic E-state index is 5.56. The molecule has 1 aromatic rings. The first-order valence-corrected chi connectivity index (χ1v) is 7.03. The zero-order chi connectivity index (χ0) is 12.3. The lowest BCUT2D eigenvalue weighted by Gasteiger charge is -2.18. The van der Waals surface area contributed by atoms with Crippen LogP contribution in [0.2, 0.25) is 0 Å². The molecule has 1 N–H and O–H groups in total. The van der Waals surface area contributed by atoms with Crippen molar-refractivity contribution in [3.63, 3.8) is 0 Å². The molecular formula is C13H19NO2S. The van der Waals surface area contributed by atoms with E-state index in [-0.39, 0.29) is 0 Å². The van der Waals surface area contributed by atoms with Gasteiger partial charge >= 0.3 is 0 Å². The van der Waals surface area contributed by atoms with Gasteiger partial charge in [0.05, 0.1) is 19.1 Å². The molecule has 1 aromatic carbocycles. The van der Waals surface area contributed by atoms with E-state index in [1.165, 1.54) is 5.56 Å². The SMILES string of the molecule is COc1c(SC)ccc(C2CCNC2)c1OC. The second-order valence-corrected chi connectivity index (χ2v) is 4.96. The first-order chi connectivity index (χ1) is 8.31. The lowest BCUT2D eigenvalue weighted by Crippen LogP contribution is -2.09. The summed E-state index contributed by atoms with van der Waals surface area (Å²) in [6, 6.07) is 4.30. The summed E-state index contributed by atoms with van der Waals surface area (Å²) in [5.74, 6) is 2.30. The van der Waals surface area contributed by atoms with Gasteiger partial charge in [-0.05, 0) is 25.3 Å². The van der Waals surface area contributed by atoms with Crippen LogP contribution in [0.1, 0.15) is 17.9 Å². The Kier molecular flexibility index (Phi) is 4.18. The van der Waals surface area contributed by atoms with Crippen molar-refractivity contribution in [3.05, 3.63) is 17.7 Å². The summed E-state index contributed by atoms with van der Waals surface area (Å²) in [4.78, 5) is 1.12. The van der Waals surface area contributed by atoms with Crippen LogP contribution in [0.25, 0.3) is 0 Å². The number of nitrogens with one attached hydrogen (secondary N) is 1. The molecule has 1 aliphatic rings. The molecule has 0 aliphatic carbocycles. The summed E-state index contributed by atoms with van der Waals surface area (Å²) in [6.07, 6.45) is 3.21. The molecule has 0 bridgehead atoms. The molecule has 17 heavy (non-hydrogen) atoms. The Bertz CT molecular complexity index is 389. The normalized spacial score (nSPS) is 19.4. The molecule has 1 fully saturated rings.